The molecule has 0 heterocycles. The predicted octanol–water partition coefficient (Wildman–Crippen LogP) is 4.02. The van der Waals surface area contributed by atoms with Crippen LogP contribution in [0.2, 0.25) is 0 Å². The van der Waals surface area contributed by atoms with E-state index >= 15 is 0 Å². The summed E-state index contributed by atoms with van der Waals surface area (Å²) in [6, 6.07) is 7.94. The van der Waals surface area contributed by atoms with Gasteiger partial charge in [-0.05, 0) is 36.2 Å². The van der Waals surface area contributed by atoms with E-state index in [-0.39, 0.29) is 12.4 Å². The standard InChI is InChI=1S/C14H12F3N/c1-9-3-2-4-13(17)14(9)18-8-10-5-11(15)7-12(16)6-10/h2-7,18H,8H2,1H3. The molecule has 0 atom stereocenters. The Labute approximate surface area is 103 Å². The van der Waals surface area contributed by atoms with Crippen molar-refractivity contribution in [2.75, 3.05) is 5.32 Å². The maximum atomic E-state index is 13.5. The van der Waals surface area contributed by atoms with Crippen LogP contribution in [0.3, 0.4) is 0 Å². The highest BCUT2D eigenvalue weighted by Crippen LogP contribution is 2.20. The third kappa shape index (κ3) is 2.83. The third-order valence-electron chi connectivity index (χ3n) is 2.61. The van der Waals surface area contributed by atoms with Crippen LogP contribution in [-0.4, -0.2) is 0 Å². The molecule has 1 N–H and O–H groups in total. The molecule has 0 spiro atoms. The lowest BCUT2D eigenvalue weighted by molar-refractivity contribution is 0.580. The van der Waals surface area contributed by atoms with Crippen molar-refractivity contribution in [1.29, 1.82) is 0 Å². The van der Waals surface area contributed by atoms with Gasteiger partial charge in [0, 0.05) is 12.6 Å². The van der Waals surface area contributed by atoms with Crippen LogP contribution in [0, 0.1) is 24.4 Å². The minimum atomic E-state index is -0.642. The molecule has 2 rings (SSSR count). The van der Waals surface area contributed by atoms with Crippen molar-refractivity contribution in [3.05, 3.63) is 65.0 Å². The van der Waals surface area contributed by atoms with Gasteiger partial charge in [0.1, 0.15) is 17.5 Å². The van der Waals surface area contributed by atoms with Crippen LogP contribution in [0.15, 0.2) is 36.4 Å². The highest BCUT2D eigenvalue weighted by atomic mass is 19.1. The Morgan fingerprint density at radius 2 is 1.67 bits per heavy atom. The lowest BCUT2D eigenvalue weighted by Gasteiger charge is -2.10. The number of para-hydroxylation sites is 1. The van der Waals surface area contributed by atoms with Crippen LogP contribution in [0.25, 0.3) is 0 Å². The van der Waals surface area contributed by atoms with E-state index in [1.54, 1.807) is 19.1 Å². The van der Waals surface area contributed by atoms with Crippen LogP contribution in [0.1, 0.15) is 11.1 Å². The summed E-state index contributed by atoms with van der Waals surface area (Å²) >= 11 is 0. The lowest BCUT2D eigenvalue weighted by atomic mass is 10.1. The number of aryl methyl sites for hydroxylation is 1. The first-order valence-corrected chi connectivity index (χ1v) is 5.50. The predicted molar refractivity (Wildman–Crippen MR) is 64.8 cm³/mol. The van der Waals surface area contributed by atoms with Crippen LogP contribution < -0.4 is 5.32 Å². The minimum Gasteiger partial charge on any atom is -0.378 e. The molecule has 2 aromatic carbocycles. The van der Waals surface area contributed by atoms with Crippen molar-refractivity contribution in [3.8, 4) is 0 Å². The van der Waals surface area contributed by atoms with Gasteiger partial charge in [0.25, 0.3) is 0 Å². The number of anilines is 1. The summed E-state index contributed by atoms with van der Waals surface area (Å²) in [5.74, 6) is -1.67. The summed E-state index contributed by atoms with van der Waals surface area (Å²) in [4.78, 5) is 0. The van der Waals surface area contributed by atoms with E-state index < -0.39 is 11.6 Å². The molecule has 4 heteroatoms. The first-order chi connectivity index (χ1) is 8.56. The number of nitrogens with one attached hydrogen (secondary N) is 1. The van der Waals surface area contributed by atoms with Gasteiger partial charge in [-0.1, -0.05) is 12.1 Å². The van der Waals surface area contributed by atoms with Crippen molar-refractivity contribution in [2.24, 2.45) is 0 Å². The Bertz CT molecular complexity index is 526. The monoisotopic (exact) mass is 251 g/mol. The Kier molecular flexibility index (Phi) is 3.55. The molecule has 0 saturated carbocycles. The maximum absolute atomic E-state index is 13.5. The van der Waals surface area contributed by atoms with Gasteiger partial charge in [0.2, 0.25) is 0 Å². The average Bonchev–Trinajstić information content (AvgIpc) is 2.27. The fraction of sp³-hybridized carbons (Fsp3) is 0.143. The molecular formula is C14H12F3N. The second-order valence-electron chi connectivity index (χ2n) is 4.06. The zero-order chi connectivity index (χ0) is 13.1. The second kappa shape index (κ2) is 5.12. The molecule has 0 aliphatic rings. The smallest absolute Gasteiger partial charge is 0.146 e. The van der Waals surface area contributed by atoms with Gasteiger partial charge >= 0.3 is 0 Å². The van der Waals surface area contributed by atoms with Crippen molar-refractivity contribution < 1.29 is 13.2 Å². The van der Waals surface area contributed by atoms with Crippen LogP contribution in [-0.2, 0) is 6.54 Å². The molecule has 18 heavy (non-hydrogen) atoms. The topological polar surface area (TPSA) is 12.0 Å². The maximum Gasteiger partial charge on any atom is 0.146 e. The molecule has 0 bridgehead atoms. The van der Waals surface area contributed by atoms with E-state index in [2.05, 4.69) is 5.32 Å². The highest BCUT2D eigenvalue weighted by Gasteiger charge is 2.05. The Hall–Kier alpha value is -1.97. The van der Waals surface area contributed by atoms with Crippen LogP contribution in [0.4, 0.5) is 18.9 Å². The van der Waals surface area contributed by atoms with Crippen molar-refractivity contribution in [2.45, 2.75) is 13.5 Å². The highest BCUT2D eigenvalue weighted by molar-refractivity contribution is 5.52. The van der Waals surface area contributed by atoms with Crippen molar-refractivity contribution >= 4 is 5.69 Å². The van der Waals surface area contributed by atoms with Gasteiger partial charge in [-0.2, -0.15) is 0 Å². The molecule has 0 aliphatic heterocycles. The van der Waals surface area contributed by atoms with Gasteiger partial charge < -0.3 is 5.32 Å². The largest absolute Gasteiger partial charge is 0.378 e. The van der Waals surface area contributed by atoms with Gasteiger partial charge in [0.15, 0.2) is 0 Å². The molecule has 2 aromatic rings. The summed E-state index contributed by atoms with van der Waals surface area (Å²) < 4.78 is 39.4. The lowest BCUT2D eigenvalue weighted by Crippen LogP contribution is -2.04. The summed E-state index contributed by atoms with van der Waals surface area (Å²) in [7, 11) is 0. The zero-order valence-corrected chi connectivity index (χ0v) is 9.81. The number of hydrogen-bond acceptors (Lipinski definition) is 1. The average molecular weight is 251 g/mol. The SMILES string of the molecule is Cc1cccc(F)c1NCc1cc(F)cc(F)c1. The number of benzene rings is 2. The van der Waals surface area contributed by atoms with Crippen molar-refractivity contribution in [3.63, 3.8) is 0 Å². The molecule has 1 nitrogen and oxygen atoms in total. The molecule has 0 radical (unpaired) electrons. The Morgan fingerprint density at radius 1 is 1.00 bits per heavy atom. The molecule has 0 fully saturated rings. The Balaban J connectivity index is 2.16. The zero-order valence-electron chi connectivity index (χ0n) is 9.81. The van der Waals surface area contributed by atoms with E-state index in [0.29, 0.717) is 11.3 Å². The molecule has 0 amide bonds. The molecule has 0 aliphatic carbocycles. The Morgan fingerprint density at radius 3 is 2.28 bits per heavy atom. The fourth-order valence-electron chi connectivity index (χ4n) is 1.76. The summed E-state index contributed by atoms with van der Waals surface area (Å²) in [6.07, 6.45) is 0. The molecule has 0 saturated heterocycles. The first-order valence-electron chi connectivity index (χ1n) is 5.50. The van der Waals surface area contributed by atoms with E-state index in [1.165, 1.54) is 18.2 Å². The third-order valence-corrected chi connectivity index (χ3v) is 2.61. The molecule has 0 aromatic heterocycles. The van der Waals surface area contributed by atoms with Gasteiger partial charge in [-0.25, -0.2) is 13.2 Å². The van der Waals surface area contributed by atoms with Crippen molar-refractivity contribution in [1.82, 2.24) is 0 Å². The molecule has 94 valence electrons. The normalized spacial score (nSPS) is 10.4. The van der Waals surface area contributed by atoms with Gasteiger partial charge in [-0.3, -0.25) is 0 Å². The van der Waals surface area contributed by atoms with E-state index in [0.717, 1.165) is 11.6 Å². The number of halogens is 3. The van der Waals surface area contributed by atoms with Crippen LogP contribution in [0.5, 0.6) is 0 Å². The van der Waals surface area contributed by atoms with E-state index in [4.69, 9.17) is 0 Å². The molecular weight excluding hydrogens is 239 g/mol. The first kappa shape index (κ1) is 12.5. The van der Waals surface area contributed by atoms with Gasteiger partial charge in [-0.15, -0.1) is 0 Å². The van der Waals surface area contributed by atoms with Crippen LogP contribution >= 0.6 is 0 Å². The summed E-state index contributed by atoms with van der Waals surface area (Å²) in [6.45, 7) is 1.92. The minimum absolute atomic E-state index is 0.163. The number of hydrogen-bond donors (Lipinski definition) is 1. The summed E-state index contributed by atoms with van der Waals surface area (Å²) in [5.41, 5.74) is 1.52. The second-order valence-corrected chi connectivity index (χ2v) is 4.06. The van der Waals surface area contributed by atoms with E-state index in [9.17, 15) is 13.2 Å². The number of rotatable bonds is 3. The fourth-order valence-corrected chi connectivity index (χ4v) is 1.76. The molecule has 0 unspecified atom stereocenters. The quantitative estimate of drug-likeness (QED) is 0.868. The van der Waals surface area contributed by atoms with E-state index in [1.807, 2.05) is 0 Å². The summed E-state index contributed by atoms with van der Waals surface area (Å²) in [5, 5.41) is 2.84. The van der Waals surface area contributed by atoms with Gasteiger partial charge in [0.05, 0.1) is 5.69 Å².